The summed E-state index contributed by atoms with van der Waals surface area (Å²) in [5.74, 6) is 0.225. The van der Waals surface area contributed by atoms with Gasteiger partial charge in [0.25, 0.3) is 0 Å². The Morgan fingerprint density at radius 3 is 2.88 bits per heavy atom. The van der Waals surface area contributed by atoms with Crippen LogP contribution < -0.4 is 5.32 Å². The topological polar surface area (TPSA) is 63.6 Å². The number of hydrogen-bond acceptors (Lipinski definition) is 5. The number of pyridine rings is 1. The van der Waals surface area contributed by atoms with Crippen molar-refractivity contribution in [3.05, 3.63) is 23.5 Å². The number of nitrogens with one attached hydrogen (secondary N) is 1. The molecular formula is C12H20N2O3. The highest BCUT2D eigenvalue weighted by Gasteiger charge is 2.01. The molecule has 1 aromatic rings. The fourth-order valence-electron chi connectivity index (χ4n) is 1.33. The number of rotatable bonds is 8. The number of methoxy groups -OCH3 is 1. The van der Waals surface area contributed by atoms with Gasteiger partial charge >= 0.3 is 0 Å². The minimum absolute atomic E-state index is 0.225. The number of aromatic hydroxyl groups is 1. The molecule has 0 saturated carbocycles. The Hall–Kier alpha value is -1.17. The van der Waals surface area contributed by atoms with Gasteiger partial charge in [-0.05, 0) is 19.1 Å². The quantitative estimate of drug-likeness (QED) is 0.659. The Bertz CT molecular complexity index is 332. The summed E-state index contributed by atoms with van der Waals surface area (Å²) in [6.45, 7) is 5.00. The zero-order valence-corrected chi connectivity index (χ0v) is 10.4. The molecule has 5 nitrogen and oxygen atoms in total. The van der Waals surface area contributed by atoms with Gasteiger partial charge in [-0.2, -0.15) is 0 Å². The van der Waals surface area contributed by atoms with Crippen LogP contribution in [-0.4, -0.2) is 43.6 Å². The van der Waals surface area contributed by atoms with E-state index in [9.17, 15) is 5.11 Å². The predicted octanol–water partition coefficient (Wildman–Crippen LogP) is 0.848. The van der Waals surface area contributed by atoms with Gasteiger partial charge in [-0.3, -0.25) is 4.98 Å². The maximum absolute atomic E-state index is 9.56. The lowest BCUT2D eigenvalue weighted by Crippen LogP contribution is -2.20. The van der Waals surface area contributed by atoms with Gasteiger partial charge in [-0.15, -0.1) is 0 Å². The number of aromatic nitrogens is 1. The SMILES string of the molecule is COCCOCCNCc1nc(C)ccc1O. The molecule has 1 aromatic heterocycles. The van der Waals surface area contributed by atoms with Crippen molar-refractivity contribution in [3.63, 3.8) is 0 Å². The van der Waals surface area contributed by atoms with Gasteiger partial charge in [0.1, 0.15) is 5.75 Å². The Kier molecular flexibility index (Phi) is 6.54. The van der Waals surface area contributed by atoms with Crippen LogP contribution in [0.1, 0.15) is 11.4 Å². The zero-order valence-electron chi connectivity index (χ0n) is 10.4. The Morgan fingerprint density at radius 1 is 1.29 bits per heavy atom. The molecule has 0 aliphatic heterocycles. The van der Waals surface area contributed by atoms with Crippen molar-refractivity contribution in [1.82, 2.24) is 10.3 Å². The van der Waals surface area contributed by atoms with Crippen LogP contribution in [0.4, 0.5) is 0 Å². The van der Waals surface area contributed by atoms with Gasteiger partial charge in [0.2, 0.25) is 0 Å². The number of hydrogen-bond donors (Lipinski definition) is 2. The third-order valence-electron chi connectivity index (χ3n) is 2.24. The van der Waals surface area contributed by atoms with Gasteiger partial charge in [-0.1, -0.05) is 0 Å². The van der Waals surface area contributed by atoms with Gasteiger partial charge in [0.05, 0.1) is 25.5 Å². The third-order valence-corrected chi connectivity index (χ3v) is 2.24. The van der Waals surface area contributed by atoms with E-state index in [1.807, 2.05) is 6.92 Å². The molecular weight excluding hydrogens is 220 g/mol. The molecule has 17 heavy (non-hydrogen) atoms. The van der Waals surface area contributed by atoms with Gasteiger partial charge in [-0.25, -0.2) is 0 Å². The summed E-state index contributed by atoms with van der Waals surface area (Å²) in [5, 5.41) is 12.7. The third kappa shape index (κ3) is 5.63. The summed E-state index contributed by atoms with van der Waals surface area (Å²) >= 11 is 0. The van der Waals surface area contributed by atoms with Gasteiger partial charge < -0.3 is 19.9 Å². The van der Waals surface area contributed by atoms with Crippen LogP contribution in [-0.2, 0) is 16.0 Å². The molecule has 1 rings (SSSR count). The minimum atomic E-state index is 0.225. The summed E-state index contributed by atoms with van der Waals surface area (Å²) in [6, 6.07) is 3.45. The summed E-state index contributed by atoms with van der Waals surface area (Å²) < 4.78 is 10.2. The van der Waals surface area contributed by atoms with Crippen LogP contribution in [0.25, 0.3) is 0 Å². The van der Waals surface area contributed by atoms with Crippen molar-refractivity contribution in [2.45, 2.75) is 13.5 Å². The molecule has 96 valence electrons. The number of ether oxygens (including phenoxy) is 2. The summed E-state index contributed by atoms with van der Waals surface area (Å²) in [4.78, 5) is 4.25. The molecule has 0 fully saturated rings. The highest BCUT2D eigenvalue weighted by atomic mass is 16.5. The van der Waals surface area contributed by atoms with Crippen LogP contribution in [0.2, 0.25) is 0 Å². The van der Waals surface area contributed by atoms with Crippen LogP contribution in [0, 0.1) is 6.92 Å². The average molecular weight is 240 g/mol. The summed E-state index contributed by atoms with van der Waals surface area (Å²) in [7, 11) is 1.65. The van der Waals surface area contributed by atoms with Crippen LogP contribution in [0.3, 0.4) is 0 Å². The van der Waals surface area contributed by atoms with Crippen molar-refractivity contribution in [2.75, 3.05) is 33.5 Å². The molecule has 0 bridgehead atoms. The number of nitrogens with zero attached hydrogens (tertiary/aromatic N) is 1. The lowest BCUT2D eigenvalue weighted by molar-refractivity contribution is 0.0718. The first-order valence-electron chi connectivity index (χ1n) is 5.67. The molecule has 0 atom stereocenters. The molecule has 0 aromatic carbocycles. The molecule has 1 heterocycles. The Morgan fingerprint density at radius 2 is 2.12 bits per heavy atom. The van der Waals surface area contributed by atoms with Crippen LogP contribution in [0.15, 0.2) is 12.1 Å². The first kappa shape index (κ1) is 13.9. The molecule has 0 unspecified atom stereocenters. The summed E-state index contributed by atoms with van der Waals surface area (Å²) in [5.41, 5.74) is 1.57. The van der Waals surface area contributed by atoms with E-state index in [0.717, 1.165) is 12.2 Å². The Labute approximate surface area is 102 Å². The molecule has 0 saturated heterocycles. The largest absolute Gasteiger partial charge is 0.506 e. The monoisotopic (exact) mass is 240 g/mol. The lowest BCUT2D eigenvalue weighted by Gasteiger charge is -2.07. The molecule has 0 spiro atoms. The lowest BCUT2D eigenvalue weighted by atomic mass is 10.3. The molecule has 0 amide bonds. The van der Waals surface area contributed by atoms with E-state index in [1.54, 1.807) is 19.2 Å². The summed E-state index contributed by atoms with van der Waals surface area (Å²) in [6.07, 6.45) is 0. The normalized spacial score (nSPS) is 10.7. The highest BCUT2D eigenvalue weighted by molar-refractivity contribution is 5.27. The van der Waals surface area contributed by atoms with E-state index < -0.39 is 0 Å². The van der Waals surface area contributed by atoms with Gasteiger partial charge in [0, 0.05) is 25.9 Å². The van der Waals surface area contributed by atoms with E-state index in [2.05, 4.69) is 10.3 Å². The van der Waals surface area contributed by atoms with E-state index in [0.29, 0.717) is 32.1 Å². The molecule has 2 N–H and O–H groups in total. The zero-order chi connectivity index (χ0) is 12.5. The maximum Gasteiger partial charge on any atom is 0.138 e. The van der Waals surface area contributed by atoms with Crippen LogP contribution >= 0.6 is 0 Å². The van der Waals surface area contributed by atoms with E-state index in [4.69, 9.17) is 9.47 Å². The average Bonchev–Trinajstić information content (AvgIpc) is 2.32. The smallest absolute Gasteiger partial charge is 0.138 e. The minimum Gasteiger partial charge on any atom is -0.506 e. The second-order valence-electron chi connectivity index (χ2n) is 3.70. The van der Waals surface area contributed by atoms with Crippen molar-refractivity contribution in [1.29, 1.82) is 0 Å². The van der Waals surface area contributed by atoms with E-state index >= 15 is 0 Å². The van der Waals surface area contributed by atoms with Crippen molar-refractivity contribution < 1.29 is 14.6 Å². The van der Waals surface area contributed by atoms with E-state index in [1.165, 1.54) is 0 Å². The molecule has 0 radical (unpaired) electrons. The first-order chi connectivity index (χ1) is 8.24. The van der Waals surface area contributed by atoms with Crippen LogP contribution in [0.5, 0.6) is 5.75 Å². The maximum atomic E-state index is 9.56. The highest BCUT2D eigenvalue weighted by Crippen LogP contribution is 2.13. The van der Waals surface area contributed by atoms with Crippen molar-refractivity contribution in [2.24, 2.45) is 0 Å². The fraction of sp³-hybridized carbons (Fsp3) is 0.583. The number of aryl methyl sites for hydroxylation is 1. The molecule has 5 heteroatoms. The van der Waals surface area contributed by atoms with Crippen molar-refractivity contribution >= 4 is 0 Å². The standard InChI is InChI=1S/C12H20N2O3/c1-10-3-4-12(15)11(14-10)9-13-5-6-17-8-7-16-2/h3-4,13,15H,5-9H2,1-2H3. The molecule has 0 aliphatic carbocycles. The van der Waals surface area contributed by atoms with Crippen molar-refractivity contribution in [3.8, 4) is 5.75 Å². The second kappa shape index (κ2) is 8.00. The first-order valence-corrected chi connectivity index (χ1v) is 5.67. The predicted molar refractivity (Wildman–Crippen MR) is 65.0 cm³/mol. The molecule has 0 aliphatic rings. The fourth-order valence-corrected chi connectivity index (χ4v) is 1.33. The van der Waals surface area contributed by atoms with E-state index in [-0.39, 0.29) is 5.75 Å². The Balaban J connectivity index is 2.15. The van der Waals surface area contributed by atoms with Gasteiger partial charge in [0.15, 0.2) is 0 Å². The second-order valence-corrected chi connectivity index (χ2v) is 3.70.